The van der Waals surface area contributed by atoms with E-state index in [1.165, 1.54) is 0 Å². The molecule has 0 aromatic heterocycles. The van der Waals surface area contributed by atoms with Crippen molar-refractivity contribution in [3.05, 3.63) is 102 Å². The van der Waals surface area contributed by atoms with Gasteiger partial charge in [-0.3, -0.25) is 4.79 Å². The molecule has 2 atom stereocenters. The quantitative estimate of drug-likeness (QED) is 0.300. The van der Waals surface area contributed by atoms with E-state index in [1.807, 2.05) is 100 Å². The van der Waals surface area contributed by atoms with Gasteiger partial charge in [0.15, 0.2) is 0 Å². The minimum Gasteiger partial charge on any atom is -0.480 e. The van der Waals surface area contributed by atoms with E-state index in [9.17, 15) is 19.5 Å². The molecule has 1 heterocycles. The fourth-order valence-electron chi connectivity index (χ4n) is 4.46. The molecule has 4 rings (SSSR count). The van der Waals surface area contributed by atoms with E-state index >= 15 is 0 Å². The molecule has 220 valence electrons. The summed E-state index contributed by atoms with van der Waals surface area (Å²) < 4.78 is 17.5. The SMILES string of the molecule is CC1(C)OB(c2ccc(C[C@@H](NC(=O)[C@H](Cc3ccccc3)NC(=O)OCc3ccccc3)C(=O)O)cc2)OC1(C)C. The highest BCUT2D eigenvalue weighted by molar-refractivity contribution is 6.62. The average molecular weight is 572 g/mol. The Bertz CT molecular complexity index is 1350. The lowest BCUT2D eigenvalue weighted by Crippen LogP contribution is -2.53. The smallest absolute Gasteiger partial charge is 0.480 e. The van der Waals surface area contributed by atoms with Crippen molar-refractivity contribution in [3.63, 3.8) is 0 Å². The molecule has 0 radical (unpaired) electrons. The monoisotopic (exact) mass is 572 g/mol. The number of hydrogen-bond donors (Lipinski definition) is 3. The van der Waals surface area contributed by atoms with Crippen molar-refractivity contribution in [1.29, 1.82) is 0 Å². The Morgan fingerprint density at radius 3 is 1.79 bits per heavy atom. The first-order chi connectivity index (χ1) is 19.9. The molecule has 3 N–H and O–H groups in total. The van der Waals surface area contributed by atoms with Crippen LogP contribution in [-0.2, 0) is 43.1 Å². The number of carboxylic acid groups (broad SMARTS) is 1. The summed E-state index contributed by atoms with van der Waals surface area (Å²) in [4.78, 5) is 38.1. The topological polar surface area (TPSA) is 123 Å². The highest BCUT2D eigenvalue weighted by atomic mass is 16.7. The van der Waals surface area contributed by atoms with E-state index in [0.29, 0.717) is 5.56 Å². The molecule has 42 heavy (non-hydrogen) atoms. The highest BCUT2D eigenvalue weighted by Crippen LogP contribution is 2.36. The zero-order chi connectivity index (χ0) is 30.3. The van der Waals surface area contributed by atoms with Crippen molar-refractivity contribution in [2.24, 2.45) is 0 Å². The molecule has 3 aromatic carbocycles. The maximum Gasteiger partial charge on any atom is 0.494 e. The fourth-order valence-corrected chi connectivity index (χ4v) is 4.46. The van der Waals surface area contributed by atoms with E-state index in [4.69, 9.17) is 14.0 Å². The van der Waals surface area contributed by atoms with Crippen molar-refractivity contribution in [3.8, 4) is 0 Å². The first-order valence-electron chi connectivity index (χ1n) is 13.9. The second kappa shape index (κ2) is 13.2. The van der Waals surface area contributed by atoms with Crippen LogP contribution < -0.4 is 16.1 Å². The zero-order valence-electron chi connectivity index (χ0n) is 24.3. The van der Waals surface area contributed by atoms with Crippen LogP contribution >= 0.6 is 0 Å². The lowest BCUT2D eigenvalue weighted by Gasteiger charge is -2.32. The lowest BCUT2D eigenvalue weighted by atomic mass is 9.78. The number of carbonyl (C=O) groups is 3. The Hall–Kier alpha value is -4.15. The number of rotatable bonds is 11. The first-order valence-corrected chi connectivity index (χ1v) is 13.9. The minimum absolute atomic E-state index is 0.0338. The first kappa shape index (κ1) is 30.8. The molecular formula is C32H37BN2O7. The minimum atomic E-state index is -1.22. The molecular weight excluding hydrogens is 535 g/mol. The van der Waals surface area contributed by atoms with Crippen molar-refractivity contribution >= 4 is 30.6 Å². The van der Waals surface area contributed by atoms with Gasteiger partial charge in [0.1, 0.15) is 18.7 Å². The third-order valence-electron chi connectivity index (χ3n) is 7.66. The van der Waals surface area contributed by atoms with Crippen LogP contribution in [0.3, 0.4) is 0 Å². The van der Waals surface area contributed by atoms with Gasteiger partial charge >= 0.3 is 19.2 Å². The molecule has 0 aliphatic carbocycles. The van der Waals surface area contributed by atoms with E-state index in [2.05, 4.69) is 10.6 Å². The van der Waals surface area contributed by atoms with Crippen LogP contribution in [0.4, 0.5) is 4.79 Å². The Morgan fingerprint density at radius 2 is 1.24 bits per heavy atom. The van der Waals surface area contributed by atoms with Crippen molar-refractivity contribution in [2.45, 2.75) is 70.4 Å². The van der Waals surface area contributed by atoms with Crippen LogP contribution in [-0.4, -0.2) is 53.5 Å². The standard InChI is InChI=1S/C32H37BN2O7/c1-31(2)32(3,4)42-33(41-31)25-17-15-23(16-18-25)20-27(29(37)38)34-28(36)26(19-22-11-7-5-8-12-22)35-30(39)40-21-24-13-9-6-10-14-24/h5-18,26-27H,19-21H2,1-4H3,(H,34,36)(H,35,39)(H,37,38)/t26-,27+/m0/s1. The number of alkyl carbamates (subject to hydrolysis) is 1. The second-order valence-electron chi connectivity index (χ2n) is 11.4. The summed E-state index contributed by atoms with van der Waals surface area (Å²) in [6.45, 7) is 7.94. The van der Waals surface area contributed by atoms with Crippen molar-refractivity contribution in [1.82, 2.24) is 10.6 Å². The zero-order valence-corrected chi connectivity index (χ0v) is 24.3. The largest absolute Gasteiger partial charge is 0.494 e. The predicted molar refractivity (Wildman–Crippen MR) is 159 cm³/mol. The van der Waals surface area contributed by atoms with E-state index in [0.717, 1.165) is 16.6 Å². The molecule has 0 spiro atoms. The van der Waals surface area contributed by atoms with E-state index in [1.54, 1.807) is 12.1 Å². The van der Waals surface area contributed by atoms with E-state index < -0.39 is 48.4 Å². The lowest BCUT2D eigenvalue weighted by molar-refractivity contribution is -0.142. The van der Waals surface area contributed by atoms with Crippen LogP contribution in [0.2, 0.25) is 0 Å². The molecule has 2 amide bonds. The molecule has 1 saturated heterocycles. The summed E-state index contributed by atoms with van der Waals surface area (Å²) >= 11 is 0. The van der Waals surface area contributed by atoms with Crippen LogP contribution in [0.25, 0.3) is 0 Å². The predicted octanol–water partition coefficient (Wildman–Crippen LogP) is 3.64. The summed E-state index contributed by atoms with van der Waals surface area (Å²) in [6, 6.07) is 23.3. The maximum absolute atomic E-state index is 13.3. The third kappa shape index (κ3) is 7.99. The van der Waals surface area contributed by atoms with Gasteiger partial charge in [0, 0.05) is 12.8 Å². The van der Waals surface area contributed by atoms with Gasteiger partial charge in [-0.2, -0.15) is 0 Å². The normalized spacial score (nSPS) is 16.7. The van der Waals surface area contributed by atoms with Crippen LogP contribution in [0.1, 0.15) is 44.4 Å². The van der Waals surface area contributed by atoms with Crippen molar-refractivity contribution < 1.29 is 33.5 Å². The number of carbonyl (C=O) groups excluding carboxylic acids is 2. The Kier molecular flexibility index (Phi) is 9.70. The number of aliphatic carboxylic acids is 1. The summed E-state index contributed by atoms with van der Waals surface area (Å²) in [5.74, 6) is -1.82. The molecule has 1 aliphatic heterocycles. The van der Waals surface area contributed by atoms with Gasteiger partial charge in [-0.1, -0.05) is 84.9 Å². The highest BCUT2D eigenvalue weighted by Gasteiger charge is 2.51. The van der Waals surface area contributed by atoms with E-state index in [-0.39, 0.29) is 19.4 Å². The molecule has 1 fully saturated rings. The number of nitrogens with one attached hydrogen (secondary N) is 2. The van der Waals surface area contributed by atoms with Gasteiger partial charge in [-0.25, -0.2) is 9.59 Å². The summed E-state index contributed by atoms with van der Waals surface area (Å²) in [6.07, 6.45) is -0.580. The third-order valence-corrected chi connectivity index (χ3v) is 7.66. The van der Waals surface area contributed by atoms with Gasteiger partial charge in [0.25, 0.3) is 0 Å². The maximum atomic E-state index is 13.3. The molecule has 9 nitrogen and oxygen atoms in total. The molecule has 0 bridgehead atoms. The molecule has 0 unspecified atom stereocenters. The summed E-state index contributed by atoms with van der Waals surface area (Å²) in [5.41, 5.74) is 2.16. The van der Waals surface area contributed by atoms with Gasteiger partial charge < -0.3 is 29.8 Å². The van der Waals surface area contributed by atoms with Gasteiger partial charge in [-0.05, 0) is 49.8 Å². The van der Waals surface area contributed by atoms with Gasteiger partial charge in [0.05, 0.1) is 11.2 Å². The summed E-state index contributed by atoms with van der Waals surface area (Å²) in [5, 5.41) is 15.1. The van der Waals surface area contributed by atoms with Crippen molar-refractivity contribution in [2.75, 3.05) is 0 Å². The number of amides is 2. The average Bonchev–Trinajstić information content (AvgIpc) is 3.18. The Morgan fingerprint density at radius 1 is 0.738 bits per heavy atom. The Balaban J connectivity index is 1.41. The fraction of sp³-hybridized carbons (Fsp3) is 0.344. The van der Waals surface area contributed by atoms with Crippen LogP contribution in [0.5, 0.6) is 0 Å². The van der Waals surface area contributed by atoms with Crippen LogP contribution in [0.15, 0.2) is 84.9 Å². The molecule has 1 aliphatic rings. The van der Waals surface area contributed by atoms with Gasteiger partial charge in [0.2, 0.25) is 5.91 Å². The number of carboxylic acids is 1. The molecule has 0 saturated carbocycles. The molecule has 3 aromatic rings. The Labute approximate surface area is 246 Å². The second-order valence-corrected chi connectivity index (χ2v) is 11.4. The number of benzene rings is 3. The number of hydrogen-bond acceptors (Lipinski definition) is 6. The molecule has 10 heteroatoms. The number of ether oxygens (including phenoxy) is 1. The summed E-state index contributed by atoms with van der Waals surface area (Å²) in [7, 11) is -0.537. The van der Waals surface area contributed by atoms with Gasteiger partial charge in [-0.15, -0.1) is 0 Å². The van der Waals surface area contributed by atoms with Crippen LogP contribution in [0, 0.1) is 0 Å².